The van der Waals surface area contributed by atoms with Gasteiger partial charge in [0, 0.05) is 44.9 Å². The third-order valence-corrected chi connectivity index (χ3v) is 6.21. The van der Waals surface area contributed by atoms with Gasteiger partial charge in [-0.25, -0.2) is 32.9 Å². The molecule has 3 aliphatic rings. The van der Waals surface area contributed by atoms with E-state index >= 15 is 0 Å². The molecule has 0 unspecified atom stereocenters. The predicted octanol–water partition coefficient (Wildman–Crippen LogP) is 3.15. The number of hydrogen-bond acceptors (Lipinski definition) is 7. The Morgan fingerprint density at radius 2 is 1.81 bits per heavy atom. The fourth-order valence-corrected chi connectivity index (χ4v) is 4.44. The molecule has 10 nitrogen and oxygen atoms in total. The number of amides is 2. The Morgan fingerprint density at radius 3 is 2.53 bits per heavy atom. The molecule has 1 aliphatic carbocycles. The average Bonchev–Trinajstić information content (AvgIpc) is 3.43. The van der Waals surface area contributed by atoms with E-state index in [1.54, 1.807) is 25.0 Å². The van der Waals surface area contributed by atoms with E-state index in [0.29, 0.717) is 55.8 Å². The topological polar surface area (TPSA) is 95.6 Å². The number of nitrogens with zero attached hydrogens (tertiary/aromatic N) is 9. The molecule has 2 amide bonds. The summed E-state index contributed by atoms with van der Waals surface area (Å²) in [7, 11) is 0. The van der Waals surface area contributed by atoms with Gasteiger partial charge in [0.25, 0.3) is 0 Å². The van der Waals surface area contributed by atoms with Gasteiger partial charge in [-0.05, 0) is 38.0 Å². The molecule has 1 fully saturated rings. The Kier molecular flexibility index (Phi) is 6.29. The normalized spacial score (nSPS) is 20.3. The zero-order valence-electron chi connectivity index (χ0n) is 19.8. The van der Waals surface area contributed by atoms with Crippen LogP contribution >= 0.6 is 0 Å². The number of aromatic nitrogens is 5. The SMILES string of the molecule is Cc1nc(C)n(-c2nc(N3CCN(C(=O)N4N=CC[C@H]4C4=CC(F)=CC(F)=CC4)CC3)ncc2F)n1. The summed E-state index contributed by atoms with van der Waals surface area (Å²) in [6, 6.07) is -0.795. The van der Waals surface area contributed by atoms with Crippen LogP contribution < -0.4 is 4.90 Å². The van der Waals surface area contributed by atoms with E-state index in [1.807, 2.05) is 4.90 Å². The molecule has 0 aromatic carbocycles. The summed E-state index contributed by atoms with van der Waals surface area (Å²) >= 11 is 0. The van der Waals surface area contributed by atoms with Crippen LogP contribution in [0.1, 0.15) is 24.5 Å². The molecule has 2 aromatic heterocycles. The van der Waals surface area contributed by atoms with Gasteiger partial charge in [-0.1, -0.05) is 0 Å². The molecule has 188 valence electrons. The number of rotatable bonds is 3. The quantitative estimate of drug-likeness (QED) is 0.644. The summed E-state index contributed by atoms with van der Waals surface area (Å²) in [5.74, 6) is -0.623. The lowest BCUT2D eigenvalue weighted by Crippen LogP contribution is -2.53. The van der Waals surface area contributed by atoms with Crippen molar-refractivity contribution < 1.29 is 18.0 Å². The van der Waals surface area contributed by atoms with Crippen molar-refractivity contribution in [3.05, 3.63) is 59.1 Å². The first-order chi connectivity index (χ1) is 17.3. The number of urea groups is 1. The van der Waals surface area contributed by atoms with Crippen molar-refractivity contribution in [3.63, 3.8) is 0 Å². The fraction of sp³-hybridized carbons (Fsp3) is 0.391. The highest BCUT2D eigenvalue weighted by molar-refractivity contribution is 5.79. The molecule has 36 heavy (non-hydrogen) atoms. The van der Waals surface area contributed by atoms with Gasteiger partial charge < -0.3 is 9.80 Å². The van der Waals surface area contributed by atoms with Crippen LogP contribution in [0.15, 0.2) is 46.8 Å². The maximum absolute atomic E-state index is 14.5. The third kappa shape index (κ3) is 4.60. The van der Waals surface area contributed by atoms with Crippen molar-refractivity contribution in [2.24, 2.45) is 5.10 Å². The summed E-state index contributed by atoms with van der Waals surface area (Å²) < 4.78 is 43.3. The molecule has 0 spiro atoms. The molecule has 2 aliphatic heterocycles. The second kappa shape index (κ2) is 9.55. The number of carbonyl (C=O) groups is 1. The van der Waals surface area contributed by atoms with Crippen LogP contribution in [0.4, 0.5) is 23.9 Å². The van der Waals surface area contributed by atoms with Gasteiger partial charge in [0.2, 0.25) is 5.95 Å². The van der Waals surface area contributed by atoms with Gasteiger partial charge in [-0.2, -0.15) is 14.8 Å². The molecular formula is C23H24F3N9O. The minimum absolute atomic E-state index is 0.00861. The first kappa shape index (κ1) is 23.7. The fourth-order valence-electron chi connectivity index (χ4n) is 4.44. The van der Waals surface area contributed by atoms with Crippen molar-refractivity contribution in [1.29, 1.82) is 0 Å². The molecular weight excluding hydrogens is 475 g/mol. The van der Waals surface area contributed by atoms with E-state index in [4.69, 9.17) is 0 Å². The van der Waals surface area contributed by atoms with Crippen molar-refractivity contribution in [2.75, 3.05) is 31.1 Å². The Balaban J connectivity index is 1.27. The average molecular weight is 500 g/mol. The molecule has 0 N–H and O–H groups in total. The lowest BCUT2D eigenvalue weighted by molar-refractivity contribution is 0.144. The second-order valence-corrected chi connectivity index (χ2v) is 8.65. The van der Waals surface area contributed by atoms with Crippen molar-refractivity contribution in [1.82, 2.24) is 34.6 Å². The van der Waals surface area contributed by atoms with Crippen LogP contribution in [0, 0.1) is 19.7 Å². The highest BCUT2D eigenvalue weighted by Crippen LogP contribution is 2.28. The molecule has 0 radical (unpaired) electrons. The first-order valence-corrected chi connectivity index (χ1v) is 11.5. The molecule has 2 aromatic rings. The highest BCUT2D eigenvalue weighted by Gasteiger charge is 2.34. The first-order valence-electron chi connectivity index (χ1n) is 11.5. The van der Waals surface area contributed by atoms with Gasteiger partial charge in [0.05, 0.1) is 12.2 Å². The van der Waals surface area contributed by atoms with Crippen LogP contribution in [-0.2, 0) is 0 Å². The molecule has 0 bridgehead atoms. The number of halogens is 3. The summed E-state index contributed by atoms with van der Waals surface area (Å²) in [5.41, 5.74) is 0.576. The van der Waals surface area contributed by atoms with Gasteiger partial charge >= 0.3 is 6.03 Å². The lowest BCUT2D eigenvalue weighted by Gasteiger charge is -2.37. The molecule has 13 heteroatoms. The molecule has 5 rings (SSSR count). The third-order valence-electron chi connectivity index (χ3n) is 6.21. The number of hydrogen-bond donors (Lipinski definition) is 0. The van der Waals surface area contributed by atoms with Crippen LogP contribution in [-0.4, -0.2) is 79.1 Å². The number of hydrazone groups is 1. The van der Waals surface area contributed by atoms with Gasteiger partial charge in [-0.3, -0.25) is 0 Å². The molecule has 1 atom stereocenters. The van der Waals surface area contributed by atoms with E-state index in [0.717, 1.165) is 12.3 Å². The summed E-state index contributed by atoms with van der Waals surface area (Å²) in [6.45, 7) is 4.98. The summed E-state index contributed by atoms with van der Waals surface area (Å²) in [5, 5.41) is 9.73. The Hall–Kier alpha value is -4.03. The number of aryl methyl sites for hydroxylation is 2. The zero-order chi connectivity index (χ0) is 25.4. The van der Waals surface area contributed by atoms with Gasteiger partial charge in [0.15, 0.2) is 11.6 Å². The van der Waals surface area contributed by atoms with E-state index in [1.165, 1.54) is 21.8 Å². The van der Waals surface area contributed by atoms with E-state index < -0.39 is 23.5 Å². The molecule has 4 heterocycles. The summed E-state index contributed by atoms with van der Waals surface area (Å²) in [4.78, 5) is 29.4. The van der Waals surface area contributed by atoms with Crippen LogP contribution in [0.2, 0.25) is 0 Å². The lowest BCUT2D eigenvalue weighted by atomic mass is 10.0. The van der Waals surface area contributed by atoms with Gasteiger partial charge in [-0.15, -0.1) is 5.10 Å². The molecule has 0 saturated carbocycles. The van der Waals surface area contributed by atoms with E-state index in [2.05, 4.69) is 25.2 Å². The summed E-state index contributed by atoms with van der Waals surface area (Å²) in [6.07, 6.45) is 6.70. The zero-order valence-corrected chi connectivity index (χ0v) is 19.8. The maximum Gasteiger partial charge on any atom is 0.341 e. The van der Waals surface area contributed by atoms with E-state index in [-0.39, 0.29) is 18.3 Å². The Morgan fingerprint density at radius 1 is 1.03 bits per heavy atom. The smallest absolute Gasteiger partial charge is 0.337 e. The Labute approximate surface area is 205 Å². The largest absolute Gasteiger partial charge is 0.341 e. The van der Waals surface area contributed by atoms with Crippen molar-refractivity contribution in [3.8, 4) is 5.82 Å². The highest BCUT2D eigenvalue weighted by atomic mass is 19.1. The number of anilines is 1. The number of piperazine rings is 1. The minimum atomic E-state index is -0.695. The van der Waals surface area contributed by atoms with Gasteiger partial charge in [0.1, 0.15) is 23.3 Å². The van der Waals surface area contributed by atoms with E-state index in [9.17, 15) is 18.0 Å². The van der Waals surface area contributed by atoms with Crippen LogP contribution in [0.3, 0.4) is 0 Å². The monoisotopic (exact) mass is 499 g/mol. The van der Waals surface area contributed by atoms with Crippen molar-refractivity contribution >= 4 is 18.2 Å². The van der Waals surface area contributed by atoms with Crippen molar-refractivity contribution in [2.45, 2.75) is 32.7 Å². The second-order valence-electron chi connectivity index (χ2n) is 8.65. The van der Waals surface area contributed by atoms with Crippen LogP contribution in [0.5, 0.6) is 0 Å². The number of allylic oxidation sites excluding steroid dienone is 5. The standard InChI is InChI=1S/C23H24F3N9O/c1-14-29-15(2)34(31-14)21-19(26)13-27-22(30-21)32-7-9-33(10-8-32)23(36)35-20(5-6-28-35)16-3-4-17(24)12-18(25)11-16/h4,6,11-13,20H,3,5,7-10H2,1-2H3/t20-/m0/s1. The molecule has 1 saturated heterocycles. The minimum Gasteiger partial charge on any atom is -0.337 e. The number of carbonyl (C=O) groups excluding carboxylic acids is 1. The Bertz CT molecular complexity index is 1310. The van der Waals surface area contributed by atoms with Crippen LogP contribution in [0.25, 0.3) is 5.82 Å². The maximum atomic E-state index is 14.5. The predicted molar refractivity (Wildman–Crippen MR) is 125 cm³/mol.